The Hall–Kier alpha value is -1.56. The number of carbonyl (C=O) groups excluding carboxylic acids is 1. The van der Waals surface area contributed by atoms with Gasteiger partial charge in [0.2, 0.25) is 0 Å². The van der Waals surface area contributed by atoms with Crippen LogP contribution < -0.4 is 10.6 Å². The van der Waals surface area contributed by atoms with Crippen molar-refractivity contribution in [2.75, 3.05) is 11.9 Å². The molecule has 1 unspecified atom stereocenters. The van der Waals surface area contributed by atoms with Crippen LogP contribution in [0.3, 0.4) is 0 Å². The Bertz CT molecular complexity index is 381. The molecule has 0 saturated carbocycles. The number of nitrogens with one attached hydrogen (secondary N) is 2. The molecule has 1 rings (SSSR count). The van der Waals surface area contributed by atoms with Gasteiger partial charge in [0, 0.05) is 25.4 Å². The van der Waals surface area contributed by atoms with E-state index in [0.717, 1.165) is 5.69 Å². The van der Waals surface area contributed by atoms with Crippen molar-refractivity contribution in [3.05, 3.63) is 11.8 Å². The van der Waals surface area contributed by atoms with Crippen LogP contribution >= 0.6 is 0 Å². The molecule has 0 aliphatic heterocycles. The van der Waals surface area contributed by atoms with Gasteiger partial charge in [-0.1, -0.05) is 13.8 Å². The lowest BCUT2D eigenvalue weighted by atomic mass is 10.1. The van der Waals surface area contributed by atoms with Gasteiger partial charge >= 0.3 is 6.03 Å². The molecule has 1 aromatic rings. The number of rotatable bonds is 5. The Morgan fingerprint density at radius 1 is 1.56 bits per heavy atom. The van der Waals surface area contributed by atoms with Gasteiger partial charge in [-0.3, -0.25) is 10.00 Å². The summed E-state index contributed by atoms with van der Waals surface area (Å²) in [5.74, 6) is 0.911. The minimum Gasteiger partial charge on any atom is -0.391 e. The molecule has 6 nitrogen and oxygen atoms in total. The summed E-state index contributed by atoms with van der Waals surface area (Å²) in [7, 11) is 1.81. The number of urea groups is 1. The van der Waals surface area contributed by atoms with Crippen LogP contribution in [0.5, 0.6) is 0 Å². The van der Waals surface area contributed by atoms with Crippen LogP contribution in [-0.2, 0) is 7.05 Å². The van der Waals surface area contributed by atoms with Gasteiger partial charge in [0.1, 0.15) is 0 Å². The fourth-order valence-corrected chi connectivity index (χ4v) is 1.62. The quantitative estimate of drug-likeness (QED) is 0.740. The third-order valence-electron chi connectivity index (χ3n) is 2.60. The average Bonchev–Trinajstić information content (AvgIpc) is 2.54. The Morgan fingerprint density at radius 2 is 2.22 bits per heavy atom. The highest BCUT2D eigenvalue weighted by Crippen LogP contribution is 2.06. The maximum Gasteiger partial charge on any atom is 0.320 e. The van der Waals surface area contributed by atoms with Crippen LogP contribution in [0, 0.1) is 12.8 Å². The molecule has 102 valence electrons. The van der Waals surface area contributed by atoms with E-state index < -0.39 is 6.10 Å². The molecule has 2 amide bonds. The third kappa shape index (κ3) is 4.75. The van der Waals surface area contributed by atoms with Crippen LogP contribution in [0.25, 0.3) is 0 Å². The fraction of sp³-hybridized carbons (Fsp3) is 0.667. The second kappa shape index (κ2) is 6.39. The standard InChI is InChI=1S/C12H22N4O2/c1-8(2)5-10(17)7-13-12(18)14-11-6-9(3)16(4)15-11/h6,8,10,17H,5,7H2,1-4H3,(H2,13,14,15,18). The Morgan fingerprint density at radius 3 is 2.72 bits per heavy atom. The van der Waals surface area contributed by atoms with Crippen molar-refractivity contribution in [3.63, 3.8) is 0 Å². The first-order valence-corrected chi connectivity index (χ1v) is 6.12. The lowest BCUT2D eigenvalue weighted by Gasteiger charge is -2.13. The number of hydrogen-bond acceptors (Lipinski definition) is 3. The van der Waals surface area contributed by atoms with Gasteiger partial charge in [-0.05, 0) is 19.3 Å². The summed E-state index contributed by atoms with van der Waals surface area (Å²) in [6, 6.07) is 1.43. The fourth-order valence-electron chi connectivity index (χ4n) is 1.62. The number of aliphatic hydroxyl groups is 1. The zero-order valence-corrected chi connectivity index (χ0v) is 11.4. The second-order valence-electron chi connectivity index (χ2n) is 4.91. The summed E-state index contributed by atoms with van der Waals surface area (Å²) in [5.41, 5.74) is 0.963. The van der Waals surface area contributed by atoms with E-state index in [1.165, 1.54) is 0 Å². The van der Waals surface area contributed by atoms with Crippen molar-refractivity contribution < 1.29 is 9.90 Å². The predicted molar refractivity (Wildman–Crippen MR) is 70.4 cm³/mol. The van der Waals surface area contributed by atoms with E-state index in [1.807, 2.05) is 27.8 Å². The van der Waals surface area contributed by atoms with Crippen molar-refractivity contribution in [1.29, 1.82) is 0 Å². The van der Waals surface area contributed by atoms with Crippen molar-refractivity contribution in [3.8, 4) is 0 Å². The topological polar surface area (TPSA) is 79.2 Å². The number of anilines is 1. The molecule has 0 aromatic carbocycles. The number of aryl methyl sites for hydroxylation is 2. The molecule has 0 spiro atoms. The van der Waals surface area contributed by atoms with Crippen molar-refractivity contribution >= 4 is 11.8 Å². The smallest absolute Gasteiger partial charge is 0.320 e. The van der Waals surface area contributed by atoms with E-state index in [-0.39, 0.29) is 12.6 Å². The molecular weight excluding hydrogens is 232 g/mol. The maximum atomic E-state index is 11.5. The summed E-state index contributed by atoms with van der Waals surface area (Å²) in [4.78, 5) is 11.5. The normalized spacial score (nSPS) is 12.6. The minimum atomic E-state index is -0.513. The molecule has 0 radical (unpaired) electrons. The van der Waals surface area contributed by atoms with Crippen LogP contribution in [0.2, 0.25) is 0 Å². The molecule has 0 bridgehead atoms. The zero-order valence-electron chi connectivity index (χ0n) is 11.4. The zero-order chi connectivity index (χ0) is 13.7. The second-order valence-corrected chi connectivity index (χ2v) is 4.91. The highest BCUT2D eigenvalue weighted by Gasteiger charge is 2.10. The first kappa shape index (κ1) is 14.5. The Labute approximate surface area is 107 Å². The molecule has 1 atom stereocenters. The highest BCUT2D eigenvalue weighted by atomic mass is 16.3. The van der Waals surface area contributed by atoms with Crippen LogP contribution in [-0.4, -0.2) is 33.6 Å². The SMILES string of the molecule is Cc1cc(NC(=O)NCC(O)CC(C)C)nn1C. The number of hydrogen-bond donors (Lipinski definition) is 3. The van der Waals surface area contributed by atoms with E-state index in [9.17, 15) is 9.90 Å². The van der Waals surface area contributed by atoms with Gasteiger partial charge in [0.05, 0.1) is 6.10 Å². The molecule has 1 heterocycles. The Balaban J connectivity index is 2.33. The van der Waals surface area contributed by atoms with E-state index in [2.05, 4.69) is 15.7 Å². The highest BCUT2D eigenvalue weighted by molar-refractivity contribution is 5.88. The molecule has 1 aromatic heterocycles. The first-order valence-electron chi connectivity index (χ1n) is 6.12. The lowest BCUT2D eigenvalue weighted by molar-refractivity contribution is 0.148. The summed E-state index contributed by atoms with van der Waals surface area (Å²) < 4.78 is 1.68. The van der Waals surface area contributed by atoms with E-state index in [4.69, 9.17) is 0 Å². The summed E-state index contributed by atoms with van der Waals surface area (Å²) in [6.07, 6.45) is 0.157. The number of amides is 2. The Kier molecular flexibility index (Phi) is 5.15. The van der Waals surface area contributed by atoms with Gasteiger partial charge < -0.3 is 10.4 Å². The average molecular weight is 254 g/mol. The maximum absolute atomic E-state index is 11.5. The molecule has 0 saturated heterocycles. The van der Waals surface area contributed by atoms with E-state index in [0.29, 0.717) is 18.2 Å². The van der Waals surface area contributed by atoms with Crippen molar-refractivity contribution in [1.82, 2.24) is 15.1 Å². The van der Waals surface area contributed by atoms with Gasteiger partial charge in [-0.2, -0.15) is 5.10 Å². The van der Waals surface area contributed by atoms with E-state index >= 15 is 0 Å². The van der Waals surface area contributed by atoms with Crippen LogP contribution in [0.4, 0.5) is 10.6 Å². The first-order chi connectivity index (χ1) is 8.38. The van der Waals surface area contributed by atoms with Crippen molar-refractivity contribution in [2.45, 2.75) is 33.3 Å². The number of nitrogens with zero attached hydrogens (tertiary/aromatic N) is 2. The monoisotopic (exact) mass is 254 g/mol. The van der Waals surface area contributed by atoms with Crippen LogP contribution in [0.15, 0.2) is 6.07 Å². The molecule has 6 heteroatoms. The largest absolute Gasteiger partial charge is 0.391 e. The third-order valence-corrected chi connectivity index (χ3v) is 2.60. The van der Waals surface area contributed by atoms with Gasteiger partial charge in [-0.25, -0.2) is 4.79 Å². The van der Waals surface area contributed by atoms with Gasteiger partial charge in [0.25, 0.3) is 0 Å². The minimum absolute atomic E-state index is 0.246. The molecule has 0 aliphatic carbocycles. The molecule has 0 aliphatic rings. The summed E-state index contributed by atoms with van der Waals surface area (Å²) >= 11 is 0. The summed E-state index contributed by atoms with van der Waals surface area (Å²) in [6.45, 7) is 6.21. The summed E-state index contributed by atoms with van der Waals surface area (Å²) in [5, 5.41) is 19.0. The van der Waals surface area contributed by atoms with E-state index in [1.54, 1.807) is 10.7 Å². The van der Waals surface area contributed by atoms with Gasteiger partial charge in [-0.15, -0.1) is 0 Å². The number of aliphatic hydroxyl groups excluding tert-OH is 1. The van der Waals surface area contributed by atoms with Gasteiger partial charge in [0.15, 0.2) is 5.82 Å². The van der Waals surface area contributed by atoms with Crippen LogP contribution in [0.1, 0.15) is 26.0 Å². The molecule has 0 fully saturated rings. The number of aromatic nitrogens is 2. The molecular formula is C12H22N4O2. The number of carbonyl (C=O) groups is 1. The lowest BCUT2D eigenvalue weighted by Crippen LogP contribution is -2.35. The molecule has 18 heavy (non-hydrogen) atoms. The van der Waals surface area contributed by atoms with Crippen molar-refractivity contribution in [2.24, 2.45) is 13.0 Å². The predicted octanol–water partition coefficient (Wildman–Crippen LogP) is 1.26. The molecule has 3 N–H and O–H groups in total.